The van der Waals surface area contributed by atoms with Crippen molar-refractivity contribution in [3.8, 4) is 0 Å². The second-order valence-electron chi connectivity index (χ2n) is 1.63. The van der Waals surface area contributed by atoms with Crippen molar-refractivity contribution in [3.05, 3.63) is 0 Å². The van der Waals surface area contributed by atoms with Gasteiger partial charge in [-0.05, 0) is 6.92 Å². The summed E-state index contributed by atoms with van der Waals surface area (Å²) in [6.07, 6.45) is 0. The fourth-order valence-electron chi connectivity index (χ4n) is 0.498. The Kier molecular flexibility index (Phi) is 3.84. The Bertz CT molecular complexity index is 106. The second-order valence-corrected chi connectivity index (χ2v) is 1.63. The SMILES string of the molecule is CC.CC1COC(N)=N1.[HH]. The van der Waals surface area contributed by atoms with Crippen LogP contribution in [-0.2, 0) is 4.74 Å². The van der Waals surface area contributed by atoms with Crippen molar-refractivity contribution in [1.82, 2.24) is 0 Å². The summed E-state index contributed by atoms with van der Waals surface area (Å²) in [6.45, 7) is 6.60. The molecule has 0 bridgehead atoms. The summed E-state index contributed by atoms with van der Waals surface area (Å²) >= 11 is 0. The second kappa shape index (κ2) is 4.18. The monoisotopic (exact) mass is 132 g/mol. The van der Waals surface area contributed by atoms with E-state index in [0.717, 1.165) is 0 Å². The van der Waals surface area contributed by atoms with Gasteiger partial charge in [-0.25, -0.2) is 4.99 Å². The molecule has 0 aromatic carbocycles. The Morgan fingerprint density at radius 3 is 2.44 bits per heavy atom. The first-order valence-corrected chi connectivity index (χ1v) is 3.25. The van der Waals surface area contributed by atoms with Crippen molar-refractivity contribution in [2.75, 3.05) is 6.61 Å². The van der Waals surface area contributed by atoms with Gasteiger partial charge in [-0.3, -0.25) is 0 Å². The summed E-state index contributed by atoms with van der Waals surface area (Å²) in [5, 5.41) is 0. The molecule has 3 heteroatoms. The number of nitrogens with zero attached hydrogens (tertiary/aromatic N) is 1. The zero-order valence-corrected chi connectivity index (χ0v) is 6.22. The molecule has 1 aliphatic heterocycles. The van der Waals surface area contributed by atoms with Gasteiger partial charge in [0.25, 0.3) is 6.02 Å². The summed E-state index contributed by atoms with van der Waals surface area (Å²) in [6, 6.07) is 0.590. The molecular weight excluding hydrogens is 116 g/mol. The first-order chi connectivity index (χ1) is 4.29. The topological polar surface area (TPSA) is 47.6 Å². The standard InChI is InChI=1S/C4H8N2O.C2H6.H2/c1-3-2-7-4(5)6-3;1-2;/h3H,2H2,1H3,(H2,5,6);1-2H3;1H. The Morgan fingerprint density at radius 2 is 2.33 bits per heavy atom. The minimum atomic E-state index is 0. The molecular formula is C6H16N2O. The quantitative estimate of drug-likeness (QED) is 0.534. The molecule has 0 radical (unpaired) electrons. The van der Waals surface area contributed by atoms with Gasteiger partial charge in [0.1, 0.15) is 6.61 Å². The predicted molar refractivity (Wildman–Crippen MR) is 40.5 cm³/mol. The molecule has 3 nitrogen and oxygen atoms in total. The van der Waals surface area contributed by atoms with Crippen LogP contribution in [0.25, 0.3) is 0 Å². The molecule has 1 rings (SSSR count). The largest absolute Gasteiger partial charge is 0.463 e. The fraction of sp³-hybridized carbons (Fsp3) is 0.833. The average Bonchev–Trinajstić information content (AvgIpc) is 2.20. The summed E-state index contributed by atoms with van der Waals surface area (Å²) in [5.74, 6) is 0. The van der Waals surface area contributed by atoms with Crippen LogP contribution >= 0.6 is 0 Å². The molecule has 2 N–H and O–H groups in total. The van der Waals surface area contributed by atoms with Gasteiger partial charge in [0.2, 0.25) is 0 Å². The van der Waals surface area contributed by atoms with E-state index in [0.29, 0.717) is 12.6 Å². The van der Waals surface area contributed by atoms with E-state index < -0.39 is 0 Å². The van der Waals surface area contributed by atoms with Gasteiger partial charge in [0.05, 0.1) is 6.04 Å². The maximum atomic E-state index is 5.15. The highest BCUT2D eigenvalue weighted by atomic mass is 16.5. The maximum Gasteiger partial charge on any atom is 0.282 e. The Hall–Kier alpha value is -0.730. The smallest absolute Gasteiger partial charge is 0.282 e. The lowest BCUT2D eigenvalue weighted by atomic mass is 10.4. The maximum absolute atomic E-state index is 5.15. The Morgan fingerprint density at radius 1 is 1.78 bits per heavy atom. The van der Waals surface area contributed by atoms with Crippen molar-refractivity contribution in [1.29, 1.82) is 0 Å². The van der Waals surface area contributed by atoms with Crippen molar-refractivity contribution < 1.29 is 6.16 Å². The normalized spacial score (nSPS) is 23.4. The first kappa shape index (κ1) is 8.27. The Balaban J connectivity index is 0. The molecule has 0 aromatic heterocycles. The summed E-state index contributed by atoms with van der Waals surface area (Å²) in [4.78, 5) is 3.86. The van der Waals surface area contributed by atoms with Crippen molar-refractivity contribution in [3.63, 3.8) is 0 Å². The lowest BCUT2D eigenvalue weighted by Crippen LogP contribution is -2.10. The Labute approximate surface area is 57.4 Å². The van der Waals surface area contributed by atoms with Gasteiger partial charge in [-0.15, -0.1) is 0 Å². The van der Waals surface area contributed by atoms with Crippen LogP contribution in [-0.4, -0.2) is 18.7 Å². The number of nitrogens with two attached hydrogens (primary N) is 1. The summed E-state index contributed by atoms with van der Waals surface area (Å²) in [5.41, 5.74) is 5.15. The van der Waals surface area contributed by atoms with Gasteiger partial charge in [-0.1, -0.05) is 13.8 Å². The number of hydrogen-bond donors (Lipinski definition) is 1. The summed E-state index contributed by atoms with van der Waals surface area (Å²) < 4.78 is 4.79. The zero-order chi connectivity index (χ0) is 7.28. The van der Waals surface area contributed by atoms with E-state index in [2.05, 4.69) is 4.99 Å². The fourth-order valence-corrected chi connectivity index (χ4v) is 0.498. The van der Waals surface area contributed by atoms with Crippen LogP contribution < -0.4 is 5.73 Å². The molecule has 1 heterocycles. The average molecular weight is 132 g/mol. The number of ether oxygens (including phenoxy) is 1. The van der Waals surface area contributed by atoms with Crippen molar-refractivity contribution in [2.45, 2.75) is 26.8 Å². The van der Waals surface area contributed by atoms with Crippen LogP contribution in [0, 0.1) is 0 Å². The van der Waals surface area contributed by atoms with Gasteiger partial charge >= 0.3 is 0 Å². The van der Waals surface area contributed by atoms with Gasteiger partial charge in [0.15, 0.2) is 0 Å². The number of aliphatic imine (C=N–C) groups is 1. The van der Waals surface area contributed by atoms with Gasteiger partial charge in [-0.2, -0.15) is 0 Å². The third-order valence-electron chi connectivity index (χ3n) is 0.820. The lowest BCUT2D eigenvalue weighted by molar-refractivity contribution is 0.319. The molecule has 9 heavy (non-hydrogen) atoms. The third kappa shape index (κ3) is 2.95. The van der Waals surface area contributed by atoms with E-state index in [9.17, 15) is 0 Å². The number of amidine groups is 1. The number of rotatable bonds is 0. The van der Waals surface area contributed by atoms with Crippen LogP contribution in [0.4, 0.5) is 0 Å². The predicted octanol–water partition coefficient (Wildman–Crippen LogP) is 0.992. The van der Waals surface area contributed by atoms with Crippen LogP contribution in [0.2, 0.25) is 0 Å². The lowest BCUT2D eigenvalue weighted by Gasteiger charge is -1.89. The van der Waals surface area contributed by atoms with Crippen LogP contribution in [0.5, 0.6) is 0 Å². The van der Waals surface area contributed by atoms with Crippen LogP contribution in [0.15, 0.2) is 4.99 Å². The van der Waals surface area contributed by atoms with E-state index in [4.69, 9.17) is 10.5 Å². The van der Waals surface area contributed by atoms with E-state index >= 15 is 0 Å². The van der Waals surface area contributed by atoms with Gasteiger partial charge in [0, 0.05) is 1.43 Å². The molecule has 1 aliphatic rings. The van der Waals surface area contributed by atoms with Gasteiger partial charge < -0.3 is 10.5 Å². The highest BCUT2D eigenvalue weighted by Crippen LogP contribution is 1.97. The van der Waals surface area contributed by atoms with Crippen molar-refractivity contribution >= 4 is 6.02 Å². The molecule has 1 atom stereocenters. The van der Waals surface area contributed by atoms with Crippen LogP contribution in [0.1, 0.15) is 22.2 Å². The molecule has 0 saturated heterocycles. The van der Waals surface area contributed by atoms with E-state index in [1.54, 1.807) is 0 Å². The first-order valence-electron chi connectivity index (χ1n) is 3.25. The highest BCUT2D eigenvalue weighted by Gasteiger charge is 2.08. The molecule has 56 valence electrons. The molecule has 1 unspecified atom stereocenters. The molecule has 0 fully saturated rings. The third-order valence-corrected chi connectivity index (χ3v) is 0.820. The minimum Gasteiger partial charge on any atom is -0.463 e. The minimum absolute atomic E-state index is 0. The summed E-state index contributed by atoms with van der Waals surface area (Å²) in [7, 11) is 0. The number of hydrogen-bond acceptors (Lipinski definition) is 3. The van der Waals surface area contributed by atoms with Crippen molar-refractivity contribution in [2.24, 2.45) is 10.7 Å². The van der Waals surface area contributed by atoms with E-state index in [1.807, 2.05) is 20.8 Å². The zero-order valence-electron chi connectivity index (χ0n) is 6.22. The molecule has 0 spiro atoms. The highest BCUT2D eigenvalue weighted by molar-refractivity contribution is 5.72. The molecule has 0 aromatic rings. The van der Waals surface area contributed by atoms with Crippen LogP contribution in [0.3, 0.4) is 0 Å². The molecule has 0 amide bonds. The van der Waals surface area contributed by atoms with E-state index in [1.165, 1.54) is 0 Å². The molecule has 0 aliphatic carbocycles. The van der Waals surface area contributed by atoms with E-state index in [-0.39, 0.29) is 7.47 Å². The molecule has 0 saturated carbocycles.